The van der Waals surface area contributed by atoms with Crippen LogP contribution in [0, 0.1) is 13.8 Å². The van der Waals surface area contributed by atoms with Crippen molar-refractivity contribution < 1.29 is 43.3 Å². The first-order valence-corrected chi connectivity index (χ1v) is 15.9. The highest BCUT2D eigenvalue weighted by Gasteiger charge is 2.45. The topological polar surface area (TPSA) is 209 Å². The number of nitrogens with one attached hydrogen (secondary N) is 1. The lowest BCUT2D eigenvalue weighted by molar-refractivity contribution is -0.0483. The van der Waals surface area contributed by atoms with Crippen LogP contribution in [-0.2, 0) is 18.4 Å². The third-order valence-corrected chi connectivity index (χ3v) is 10.1. The summed E-state index contributed by atoms with van der Waals surface area (Å²) >= 11 is 6.21. The average Bonchev–Trinajstić information content (AvgIpc) is 3.39. The summed E-state index contributed by atoms with van der Waals surface area (Å²) in [4.78, 5) is 40.4. The van der Waals surface area contributed by atoms with Crippen molar-refractivity contribution in [2.45, 2.75) is 38.4 Å². The van der Waals surface area contributed by atoms with Crippen LogP contribution in [0.4, 0.5) is 11.5 Å². The van der Waals surface area contributed by atoms with Gasteiger partial charge in [-0.15, -0.1) is 0 Å². The molecule has 0 aliphatic carbocycles. The van der Waals surface area contributed by atoms with Crippen LogP contribution < -0.4 is 5.32 Å². The van der Waals surface area contributed by atoms with E-state index in [4.69, 9.17) is 30.6 Å². The van der Waals surface area contributed by atoms with Crippen molar-refractivity contribution >= 4 is 60.2 Å². The average molecular weight is 614 g/mol. The lowest BCUT2D eigenvalue weighted by Gasteiger charge is -2.18. The molecule has 5 atom stereocenters. The predicted molar refractivity (Wildman–Crippen MR) is 146 cm³/mol. The third kappa shape index (κ3) is 5.93. The van der Waals surface area contributed by atoms with E-state index in [-0.39, 0.29) is 22.3 Å². The van der Waals surface area contributed by atoms with E-state index in [2.05, 4.69) is 26.3 Å². The van der Waals surface area contributed by atoms with Gasteiger partial charge in [-0.1, -0.05) is 18.2 Å². The van der Waals surface area contributed by atoms with E-state index in [9.17, 15) is 24.2 Å². The fourth-order valence-electron chi connectivity index (χ4n) is 4.58. The quantitative estimate of drug-likeness (QED) is 0.125. The van der Waals surface area contributed by atoms with E-state index in [1.165, 1.54) is 10.9 Å². The summed E-state index contributed by atoms with van der Waals surface area (Å²) in [7, 11) is -9.54. The van der Waals surface area contributed by atoms with Gasteiger partial charge >= 0.3 is 15.2 Å². The van der Waals surface area contributed by atoms with Gasteiger partial charge in [0.2, 0.25) is 5.28 Å². The van der Waals surface area contributed by atoms with Gasteiger partial charge in [0.25, 0.3) is 0 Å². The van der Waals surface area contributed by atoms with Crippen molar-refractivity contribution in [3.8, 4) is 0 Å². The Morgan fingerprint density at radius 2 is 1.75 bits per heavy atom. The number of aryl methyl sites for hydroxylation is 2. The van der Waals surface area contributed by atoms with Crippen LogP contribution in [0.25, 0.3) is 21.9 Å². The highest BCUT2D eigenvalue weighted by atomic mass is 35.5. The molecule has 40 heavy (non-hydrogen) atoms. The number of halogens is 1. The Hall–Kier alpha value is -2.48. The summed E-state index contributed by atoms with van der Waals surface area (Å²) < 4.78 is 34.8. The fourth-order valence-corrected chi connectivity index (χ4v) is 7.32. The van der Waals surface area contributed by atoms with Crippen LogP contribution in [0.3, 0.4) is 0 Å². The maximum atomic E-state index is 12.0. The minimum absolute atomic E-state index is 0.129. The number of ether oxygens (including phenoxy) is 1. The molecule has 0 spiro atoms. The Labute approximate surface area is 232 Å². The van der Waals surface area contributed by atoms with Gasteiger partial charge in [0.1, 0.15) is 18.3 Å². The van der Waals surface area contributed by atoms with Gasteiger partial charge in [-0.3, -0.25) is 13.7 Å². The molecule has 0 radical (unpaired) electrons. The van der Waals surface area contributed by atoms with E-state index in [0.29, 0.717) is 0 Å². The second-order valence-corrected chi connectivity index (χ2v) is 13.9. The Bertz CT molecular complexity index is 1700. The monoisotopic (exact) mass is 613 g/mol. The number of hydrogen-bond acceptors (Lipinski definition) is 10. The van der Waals surface area contributed by atoms with Crippen LogP contribution in [0.2, 0.25) is 5.28 Å². The third-order valence-electron chi connectivity index (χ3n) is 6.52. The zero-order chi connectivity index (χ0) is 29.0. The normalized spacial score (nSPS) is 23.1. The molecule has 1 saturated heterocycles. The zero-order valence-electron chi connectivity index (χ0n) is 21.1. The Morgan fingerprint density at radius 1 is 1.05 bits per heavy atom. The number of hydrogen-bond donors (Lipinski definition) is 6. The van der Waals surface area contributed by atoms with E-state index in [1.807, 2.05) is 38.1 Å². The second-order valence-electron chi connectivity index (χ2n) is 9.54. The van der Waals surface area contributed by atoms with Crippen LogP contribution in [0.5, 0.6) is 0 Å². The summed E-state index contributed by atoms with van der Waals surface area (Å²) in [5, 5.41) is 26.4. The van der Waals surface area contributed by atoms with Gasteiger partial charge < -0.3 is 39.5 Å². The van der Waals surface area contributed by atoms with Gasteiger partial charge in [0, 0.05) is 5.69 Å². The molecule has 3 heterocycles. The molecule has 2 aromatic carbocycles. The molecule has 2 aromatic heterocycles. The minimum Gasteiger partial charge on any atom is -0.387 e. The highest BCUT2D eigenvalue weighted by Crippen LogP contribution is 2.55. The first kappa shape index (κ1) is 29.0. The molecular formula is C23H26ClN5O9P2. The number of imidazole rings is 1. The Kier molecular flexibility index (Phi) is 7.79. The maximum Gasteiger partial charge on any atom is 0.340 e. The molecule has 0 amide bonds. The number of rotatable bonds is 8. The van der Waals surface area contributed by atoms with Crippen molar-refractivity contribution in [3.05, 3.63) is 53.1 Å². The lowest BCUT2D eigenvalue weighted by Crippen LogP contribution is -2.33. The van der Waals surface area contributed by atoms with E-state index in [0.717, 1.165) is 27.6 Å². The molecule has 0 saturated carbocycles. The van der Waals surface area contributed by atoms with Crippen molar-refractivity contribution in [3.63, 3.8) is 0 Å². The molecule has 214 valence electrons. The van der Waals surface area contributed by atoms with Gasteiger partial charge in [-0.05, 0) is 59.5 Å². The molecule has 17 heteroatoms. The van der Waals surface area contributed by atoms with Gasteiger partial charge in [0.15, 0.2) is 29.1 Å². The molecular weight excluding hydrogens is 588 g/mol. The van der Waals surface area contributed by atoms with Crippen LogP contribution >= 0.6 is 26.8 Å². The first-order chi connectivity index (χ1) is 18.7. The van der Waals surface area contributed by atoms with Gasteiger partial charge in [-0.2, -0.15) is 9.97 Å². The number of anilines is 2. The predicted octanol–water partition coefficient (Wildman–Crippen LogP) is 2.95. The molecule has 5 rings (SSSR count). The molecule has 3 unspecified atom stereocenters. The zero-order valence-corrected chi connectivity index (χ0v) is 23.7. The molecule has 14 nitrogen and oxygen atoms in total. The smallest absolute Gasteiger partial charge is 0.340 e. The lowest BCUT2D eigenvalue weighted by atomic mass is 10.0. The first-order valence-electron chi connectivity index (χ1n) is 11.9. The van der Waals surface area contributed by atoms with E-state index >= 15 is 0 Å². The Balaban J connectivity index is 1.41. The highest BCUT2D eigenvalue weighted by molar-refractivity contribution is 7.70. The van der Waals surface area contributed by atoms with Crippen molar-refractivity contribution in [2.24, 2.45) is 0 Å². The fraction of sp³-hybridized carbons (Fsp3) is 0.348. The number of nitrogens with zero attached hydrogens (tertiary/aromatic N) is 4. The van der Waals surface area contributed by atoms with Crippen LogP contribution in [0.1, 0.15) is 17.4 Å². The van der Waals surface area contributed by atoms with Crippen LogP contribution in [-0.4, -0.2) is 75.2 Å². The largest absolute Gasteiger partial charge is 0.387 e. The number of aliphatic hydroxyl groups excluding tert-OH is 2. The van der Waals surface area contributed by atoms with Crippen molar-refractivity contribution in [1.29, 1.82) is 0 Å². The number of aromatic nitrogens is 4. The Morgan fingerprint density at radius 3 is 2.45 bits per heavy atom. The number of aliphatic hydroxyl groups is 2. The standard InChI is InChI=1S/C23H26ClN5O9P2/c1-11-3-4-12(2)15-7-13(5-6-14(11)15)26-20-17-21(28-23(24)27-20)29(9-25-17)22-19(31)18(30)16(38-22)8-37-40(35,36)10-39(32,33)34/h3-7,9,16,18-19,22,30-31H,8,10H2,1-2H3,(H,35,36)(H,26,27,28)(H2,32,33,34)/t16-,18?,19?,22-/m1/s1. The minimum atomic E-state index is -4.84. The molecule has 1 aliphatic rings. The SMILES string of the molecule is Cc1ccc(C)c2cc(Nc3nc(Cl)nc4c3ncn4[C@@H]3O[C@H](COP(=O)(O)CP(=O)(O)O)C(O)C3O)ccc12. The summed E-state index contributed by atoms with van der Waals surface area (Å²) in [6, 6.07) is 9.97. The summed E-state index contributed by atoms with van der Waals surface area (Å²) in [6.07, 6.45) is -4.37. The second kappa shape index (κ2) is 10.7. The molecule has 1 aliphatic heterocycles. The molecule has 0 bridgehead atoms. The molecule has 4 aromatic rings. The number of benzene rings is 2. The van der Waals surface area contributed by atoms with Crippen LogP contribution in [0.15, 0.2) is 36.7 Å². The van der Waals surface area contributed by atoms with Crippen molar-refractivity contribution in [2.75, 3.05) is 17.8 Å². The molecule has 1 fully saturated rings. The summed E-state index contributed by atoms with van der Waals surface area (Å²) in [6.45, 7) is 3.33. The maximum absolute atomic E-state index is 12.0. The molecule has 6 N–H and O–H groups in total. The summed E-state index contributed by atoms with van der Waals surface area (Å²) in [5.74, 6) is -1.12. The van der Waals surface area contributed by atoms with Gasteiger partial charge in [-0.25, -0.2) is 4.98 Å². The van der Waals surface area contributed by atoms with E-state index in [1.54, 1.807) is 0 Å². The van der Waals surface area contributed by atoms with E-state index < -0.39 is 52.2 Å². The summed E-state index contributed by atoms with van der Waals surface area (Å²) in [5.41, 5.74) is 3.42. The van der Waals surface area contributed by atoms with Crippen molar-refractivity contribution in [1.82, 2.24) is 19.5 Å². The number of fused-ring (bicyclic) bond motifs is 2. The van der Waals surface area contributed by atoms with Gasteiger partial charge in [0.05, 0.1) is 12.9 Å².